The third-order valence-electron chi connectivity index (χ3n) is 4.87. The summed E-state index contributed by atoms with van der Waals surface area (Å²) in [5.41, 5.74) is 4.99. The maximum absolute atomic E-state index is 11.2. The maximum atomic E-state index is 11.2. The van der Waals surface area contributed by atoms with Crippen molar-refractivity contribution in [1.82, 2.24) is 0 Å². The molecule has 122 valence electrons. The Labute approximate surface area is 137 Å². The molecule has 0 saturated carbocycles. The molecule has 1 heterocycles. The lowest BCUT2D eigenvalue weighted by Crippen LogP contribution is -2.25. The number of carbonyl (C=O) groups is 1. The van der Waals surface area contributed by atoms with Crippen molar-refractivity contribution in [1.29, 1.82) is 0 Å². The summed E-state index contributed by atoms with van der Waals surface area (Å²) in [5.74, 6) is 6.54. The van der Waals surface area contributed by atoms with Crippen molar-refractivity contribution in [3.63, 3.8) is 0 Å². The van der Waals surface area contributed by atoms with E-state index < -0.39 is 5.97 Å². The van der Waals surface area contributed by atoms with E-state index >= 15 is 0 Å². The van der Waals surface area contributed by atoms with Gasteiger partial charge in [-0.25, -0.2) is 4.79 Å². The van der Waals surface area contributed by atoms with E-state index in [1.165, 1.54) is 30.2 Å². The van der Waals surface area contributed by atoms with Crippen molar-refractivity contribution in [3.05, 3.63) is 22.3 Å². The van der Waals surface area contributed by atoms with Gasteiger partial charge in [-0.15, -0.1) is 0 Å². The summed E-state index contributed by atoms with van der Waals surface area (Å²) in [6.45, 7) is 6.91. The Bertz CT molecular complexity index is 716. The largest absolute Gasteiger partial charge is 0.459 e. The topological polar surface area (TPSA) is 44.8 Å². The molecule has 1 aromatic rings. The van der Waals surface area contributed by atoms with E-state index in [1.54, 1.807) is 0 Å². The van der Waals surface area contributed by atoms with Crippen LogP contribution in [0.3, 0.4) is 0 Å². The van der Waals surface area contributed by atoms with Crippen LogP contribution in [0.4, 0.5) is 0 Å². The summed E-state index contributed by atoms with van der Waals surface area (Å²) in [5, 5.41) is 0. The predicted octanol–water partition coefficient (Wildman–Crippen LogP) is 3.06. The molecule has 23 heavy (non-hydrogen) atoms. The van der Waals surface area contributed by atoms with Crippen LogP contribution >= 0.6 is 0 Å². The molecule has 3 rings (SSSR count). The molecule has 2 aliphatic rings. The van der Waals surface area contributed by atoms with Gasteiger partial charge in [0.05, 0.1) is 7.11 Å². The van der Waals surface area contributed by atoms with Gasteiger partial charge in [0.15, 0.2) is 11.5 Å². The first-order valence-electron chi connectivity index (χ1n) is 7.97. The van der Waals surface area contributed by atoms with Gasteiger partial charge < -0.3 is 14.2 Å². The molecular formula is C19H22O4. The third kappa shape index (κ3) is 2.65. The van der Waals surface area contributed by atoms with Crippen molar-refractivity contribution >= 4 is 5.97 Å². The fraction of sp³-hybridized carbons (Fsp3) is 0.526. The summed E-state index contributed by atoms with van der Waals surface area (Å²) in [4.78, 5) is 11.2. The Morgan fingerprint density at radius 1 is 1.30 bits per heavy atom. The second kappa shape index (κ2) is 5.81. The Kier molecular flexibility index (Phi) is 3.97. The molecule has 0 unspecified atom stereocenters. The van der Waals surface area contributed by atoms with E-state index in [2.05, 4.69) is 37.3 Å². The quantitative estimate of drug-likeness (QED) is 0.454. The van der Waals surface area contributed by atoms with Crippen molar-refractivity contribution in [2.75, 3.05) is 13.9 Å². The fourth-order valence-electron chi connectivity index (χ4n) is 3.69. The van der Waals surface area contributed by atoms with Crippen LogP contribution in [0.2, 0.25) is 0 Å². The lowest BCUT2D eigenvalue weighted by Gasteiger charge is -2.35. The van der Waals surface area contributed by atoms with Crippen LogP contribution in [0.25, 0.3) is 0 Å². The van der Waals surface area contributed by atoms with Crippen molar-refractivity contribution in [2.24, 2.45) is 0 Å². The minimum atomic E-state index is -0.518. The second-order valence-corrected chi connectivity index (χ2v) is 6.73. The fourth-order valence-corrected chi connectivity index (χ4v) is 3.69. The normalized spacial score (nSPS) is 17.0. The van der Waals surface area contributed by atoms with Crippen molar-refractivity contribution in [3.8, 4) is 23.3 Å². The van der Waals surface area contributed by atoms with E-state index in [9.17, 15) is 4.79 Å². The minimum Gasteiger partial charge on any atom is -0.459 e. The average Bonchev–Trinajstić information content (AvgIpc) is 2.98. The van der Waals surface area contributed by atoms with Gasteiger partial charge >= 0.3 is 5.97 Å². The maximum Gasteiger partial charge on any atom is 0.384 e. The zero-order chi connectivity index (χ0) is 16.6. The molecule has 0 bridgehead atoms. The minimum absolute atomic E-state index is 0.0896. The molecule has 4 heteroatoms. The summed E-state index contributed by atoms with van der Waals surface area (Å²) in [6, 6.07) is 0. The van der Waals surface area contributed by atoms with Crippen LogP contribution in [-0.2, 0) is 27.8 Å². The molecule has 4 nitrogen and oxygen atoms in total. The van der Waals surface area contributed by atoms with Gasteiger partial charge in [0.25, 0.3) is 0 Å². The molecule has 0 atom stereocenters. The van der Waals surface area contributed by atoms with Crippen LogP contribution in [0, 0.1) is 18.8 Å². The molecule has 0 saturated heterocycles. The number of carbonyl (C=O) groups excluding carboxylic acids is 1. The highest BCUT2D eigenvalue weighted by atomic mass is 16.7. The highest BCUT2D eigenvalue weighted by Gasteiger charge is 2.37. The number of hydrogen-bond donors (Lipinski definition) is 0. The first-order valence-corrected chi connectivity index (χ1v) is 7.97. The monoisotopic (exact) mass is 314 g/mol. The van der Waals surface area contributed by atoms with Crippen LogP contribution in [0.1, 0.15) is 48.9 Å². The number of fused-ring (bicyclic) bond motifs is 3. The number of esters is 1. The Balaban J connectivity index is 2.10. The highest BCUT2D eigenvalue weighted by molar-refractivity contribution is 5.88. The summed E-state index contributed by atoms with van der Waals surface area (Å²) >= 11 is 0. The van der Waals surface area contributed by atoms with E-state index in [0.717, 1.165) is 29.9 Å². The van der Waals surface area contributed by atoms with Crippen LogP contribution in [-0.4, -0.2) is 19.9 Å². The predicted molar refractivity (Wildman–Crippen MR) is 86.8 cm³/mol. The molecule has 0 fully saturated rings. The van der Waals surface area contributed by atoms with Gasteiger partial charge in [-0.2, -0.15) is 0 Å². The first kappa shape index (κ1) is 15.7. The van der Waals surface area contributed by atoms with Gasteiger partial charge in [-0.05, 0) is 42.7 Å². The molecule has 0 aromatic heterocycles. The lowest BCUT2D eigenvalue weighted by atomic mass is 9.70. The Morgan fingerprint density at radius 2 is 2.04 bits per heavy atom. The molecule has 0 radical (unpaired) electrons. The molecule has 0 amide bonds. The van der Waals surface area contributed by atoms with E-state index in [1.807, 2.05) is 0 Å². The lowest BCUT2D eigenvalue weighted by molar-refractivity contribution is -0.133. The number of hydrogen-bond acceptors (Lipinski definition) is 4. The number of methoxy groups -OCH3 is 1. The SMILES string of the molecule is COC(=O)C#CCc1c(C)c2c(c3c1OCO3)C(C)(C)CCC2. The molecule has 0 N–H and O–H groups in total. The van der Waals surface area contributed by atoms with Gasteiger partial charge in [-0.1, -0.05) is 19.8 Å². The van der Waals surface area contributed by atoms with E-state index in [-0.39, 0.29) is 12.2 Å². The van der Waals surface area contributed by atoms with Gasteiger partial charge in [0.1, 0.15) is 0 Å². The number of benzene rings is 1. The molecule has 1 aliphatic carbocycles. The summed E-state index contributed by atoms with van der Waals surface area (Å²) in [7, 11) is 1.33. The van der Waals surface area contributed by atoms with Crippen LogP contribution < -0.4 is 9.47 Å². The molecule has 0 spiro atoms. The van der Waals surface area contributed by atoms with Crippen molar-refractivity contribution in [2.45, 2.75) is 51.9 Å². The second-order valence-electron chi connectivity index (χ2n) is 6.73. The van der Waals surface area contributed by atoms with E-state index in [0.29, 0.717) is 6.42 Å². The smallest absolute Gasteiger partial charge is 0.384 e. The Hall–Kier alpha value is -2.15. The van der Waals surface area contributed by atoms with Crippen LogP contribution in [0.15, 0.2) is 0 Å². The molecule has 1 aliphatic heterocycles. The van der Waals surface area contributed by atoms with Gasteiger partial charge in [-0.3, -0.25) is 0 Å². The van der Waals surface area contributed by atoms with Crippen LogP contribution in [0.5, 0.6) is 11.5 Å². The molecule has 1 aromatic carbocycles. The first-order chi connectivity index (χ1) is 11.0. The third-order valence-corrected chi connectivity index (χ3v) is 4.87. The van der Waals surface area contributed by atoms with Crippen molar-refractivity contribution < 1.29 is 19.0 Å². The van der Waals surface area contributed by atoms with Gasteiger partial charge in [0, 0.05) is 23.5 Å². The number of rotatable bonds is 1. The average molecular weight is 314 g/mol. The number of ether oxygens (including phenoxy) is 3. The summed E-state index contributed by atoms with van der Waals surface area (Å²) < 4.78 is 16.1. The summed E-state index contributed by atoms with van der Waals surface area (Å²) in [6.07, 6.45) is 3.84. The zero-order valence-corrected chi connectivity index (χ0v) is 14.2. The highest BCUT2D eigenvalue weighted by Crippen LogP contribution is 2.51. The molecular weight excluding hydrogens is 292 g/mol. The standard InChI is InChI=1S/C19H22O4/c1-12-13-8-6-10-19(2,3)16(13)18-17(22-11-23-18)14(12)7-5-9-15(20)21-4/h6-8,10-11H2,1-4H3. The Morgan fingerprint density at radius 3 is 2.78 bits per heavy atom. The zero-order valence-electron chi connectivity index (χ0n) is 14.2. The van der Waals surface area contributed by atoms with Gasteiger partial charge in [0.2, 0.25) is 6.79 Å². The van der Waals surface area contributed by atoms with E-state index in [4.69, 9.17) is 9.47 Å².